The fourth-order valence-corrected chi connectivity index (χ4v) is 4.70. The van der Waals surface area contributed by atoms with Crippen molar-refractivity contribution < 1.29 is 14.0 Å². The molecule has 9 heteroatoms. The lowest BCUT2D eigenvalue weighted by atomic mass is 10.2. The number of para-hydroxylation sites is 1. The first-order valence-corrected chi connectivity index (χ1v) is 11.0. The molecule has 1 N–H and O–H groups in total. The minimum Gasteiger partial charge on any atom is -0.298 e. The van der Waals surface area contributed by atoms with Gasteiger partial charge in [-0.05, 0) is 42.8 Å². The monoisotopic (exact) mass is 452 g/mol. The minimum atomic E-state index is -0.518. The summed E-state index contributed by atoms with van der Waals surface area (Å²) in [5.74, 6) is -1.22. The first-order valence-electron chi connectivity index (χ1n) is 9.28. The Kier molecular flexibility index (Phi) is 5.88. The van der Waals surface area contributed by atoms with Crippen molar-refractivity contribution in [3.8, 4) is 0 Å². The topological polar surface area (TPSA) is 75.2 Å². The Morgan fingerprint density at radius 1 is 1.16 bits per heavy atom. The molecular formula is C22H17FN4O2S2. The third kappa shape index (κ3) is 4.68. The van der Waals surface area contributed by atoms with Crippen molar-refractivity contribution >= 4 is 66.7 Å². The van der Waals surface area contributed by atoms with Gasteiger partial charge in [-0.25, -0.2) is 14.4 Å². The molecule has 0 bridgehead atoms. The number of carbonyl (C=O) groups excluding carboxylic acids is 2. The number of anilines is 3. The van der Waals surface area contributed by atoms with Crippen LogP contribution in [0.15, 0.2) is 53.9 Å². The lowest BCUT2D eigenvalue weighted by molar-refractivity contribution is -0.116. The van der Waals surface area contributed by atoms with Gasteiger partial charge in [0.2, 0.25) is 11.8 Å². The van der Waals surface area contributed by atoms with Crippen LogP contribution in [-0.4, -0.2) is 21.8 Å². The molecule has 0 unspecified atom stereocenters. The molecule has 0 radical (unpaired) electrons. The second kappa shape index (κ2) is 8.75. The summed E-state index contributed by atoms with van der Waals surface area (Å²) in [6, 6.07) is 11.9. The molecule has 0 atom stereocenters. The first kappa shape index (κ1) is 20.8. The SMILES string of the molecule is CC(=O)N(c1nc(/C=C/C(=O)Nc2nc3ccc(C)cc3s2)cs1)c1ccccc1F. The number of nitrogens with zero attached hydrogens (tertiary/aromatic N) is 3. The fraction of sp³-hybridized carbons (Fsp3) is 0.0909. The Hall–Kier alpha value is -3.43. The van der Waals surface area contributed by atoms with Crippen LogP contribution >= 0.6 is 22.7 Å². The highest BCUT2D eigenvalue weighted by molar-refractivity contribution is 7.22. The number of benzene rings is 2. The predicted molar refractivity (Wildman–Crippen MR) is 123 cm³/mol. The smallest absolute Gasteiger partial charge is 0.250 e. The summed E-state index contributed by atoms with van der Waals surface area (Å²) in [7, 11) is 0. The van der Waals surface area contributed by atoms with Gasteiger partial charge in [0.25, 0.3) is 0 Å². The van der Waals surface area contributed by atoms with Crippen LogP contribution in [0.2, 0.25) is 0 Å². The maximum absolute atomic E-state index is 14.2. The van der Waals surface area contributed by atoms with Gasteiger partial charge in [0, 0.05) is 18.4 Å². The molecular weight excluding hydrogens is 435 g/mol. The van der Waals surface area contributed by atoms with E-state index in [1.807, 2.05) is 25.1 Å². The molecule has 0 saturated carbocycles. The summed E-state index contributed by atoms with van der Waals surface area (Å²) < 4.78 is 15.2. The van der Waals surface area contributed by atoms with Gasteiger partial charge < -0.3 is 0 Å². The van der Waals surface area contributed by atoms with Gasteiger partial charge >= 0.3 is 0 Å². The molecule has 0 saturated heterocycles. The third-order valence-corrected chi connectivity index (χ3v) is 6.07. The van der Waals surface area contributed by atoms with Gasteiger partial charge in [-0.1, -0.05) is 29.5 Å². The van der Waals surface area contributed by atoms with Crippen LogP contribution in [0.1, 0.15) is 18.2 Å². The van der Waals surface area contributed by atoms with E-state index in [-0.39, 0.29) is 17.5 Å². The third-order valence-electron chi connectivity index (χ3n) is 4.29. The van der Waals surface area contributed by atoms with Gasteiger partial charge in [-0.2, -0.15) is 0 Å². The first-order chi connectivity index (χ1) is 14.9. The Morgan fingerprint density at radius 3 is 2.74 bits per heavy atom. The van der Waals surface area contributed by atoms with Crippen molar-refractivity contribution in [2.75, 3.05) is 10.2 Å². The van der Waals surface area contributed by atoms with E-state index in [9.17, 15) is 14.0 Å². The normalized spacial score (nSPS) is 11.2. The van der Waals surface area contributed by atoms with Crippen molar-refractivity contribution in [3.05, 3.63) is 71.0 Å². The molecule has 0 aliphatic heterocycles. The van der Waals surface area contributed by atoms with E-state index < -0.39 is 5.82 Å². The molecule has 31 heavy (non-hydrogen) atoms. The van der Waals surface area contributed by atoms with Crippen molar-refractivity contribution in [2.45, 2.75) is 13.8 Å². The van der Waals surface area contributed by atoms with Crippen molar-refractivity contribution in [1.82, 2.24) is 9.97 Å². The molecule has 4 rings (SSSR count). The Morgan fingerprint density at radius 2 is 1.97 bits per heavy atom. The summed E-state index contributed by atoms with van der Waals surface area (Å²) in [4.78, 5) is 34.3. The van der Waals surface area contributed by atoms with Gasteiger partial charge in [0.15, 0.2) is 10.3 Å². The number of nitrogens with one attached hydrogen (secondary N) is 1. The van der Waals surface area contributed by atoms with E-state index in [2.05, 4.69) is 15.3 Å². The number of fused-ring (bicyclic) bond motifs is 1. The lowest BCUT2D eigenvalue weighted by Crippen LogP contribution is -2.23. The zero-order valence-corrected chi connectivity index (χ0v) is 18.3. The molecule has 0 spiro atoms. The summed E-state index contributed by atoms with van der Waals surface area (Å²) in [6.45, 7) is 3.35. The summed E-state index contributed by atoms with van der Waals surface area (Å²) in [5.41, 5.74) is 2.57. The Bertz CT molecular complexity index is 1310. The van der Waals surface area contributed by atoms with Crippen LogP contribution in [0.3, 0.4) is 0 Å². The van der Waals surface area contributed by atoms with Crippen LogP contribution in [0, 0.1) is 12.7 Å². The number of halogens is 1. The van der Waals surface area contributed by atoms with Crippen LogP contribution < -0.4 is 10.2 Å². The van der Waals surface area contributed by atoms with Crippen LogP contribution in [0.5, 0.6) is 0 Å². The number of amides is 2. The average molecular weight is 453 g/mol. The summed E-state index contributed by atoms with van der Waals surface area (Å²) >= 11 is 2.58. The van der Waals surface area contributed by atoms with E-state index in [1.54, 1.807) is 17.5 Å². The molecule has 4 aromatic rings. The van der Waals surface area contributed by atoms with E-state index in [1.165, 1.54) is 58.8 Å². The highest BCUT2D eigenvalue weighted by Gasteiger charge is 2.20. The van der Waals surface area contributed by atoms with Crippen LogP contribution in [-0.2, 0) is 9.59 Å². The molecule has 0 aliphatic rings. The average Bonchev–Trinajstić information content (AvgIpc) is 3.34. The van der Waals surface area contributed by atoms with Crippen molar-refractivity contribution in [1.29, 1.82) is 0 Å². The van der Waals surface area contributed by atoms with Gasteiger partial charge in [-0.15, -0.1) is 11.3 Å². The van der Waals surface area contributed by atoms with Gasteiger partial charge in [0.1, 0.15) is 5.82 Å². The van der Waals surface area contributed by atoms with E-state index in [0.29, 0.717) is 16.0 Å². The summed E-state index contributed by atoms with van der Waals surface area (Å²) in [6.07, 6.45) is 2.88. The standard InChI is InChI=1S/C22H17FN4O2S2/c1-13-7-9-17-19(11-13)31-21(25-17)26-20(29)10-8-15-12-30-22(24-15)27(14(2)28)18-6-4-3-5-16(18)23/h3-12H,1-2H3,(H,25,26,29)/b10-8+. The zero-order valence-electron chi connectivity index (χ0n) is 16.6. The van der Waals surface area contributed by atoms with Gasteiger partial charge in [-0.3, -0.25) is 19.8 Å². The number of rotatable bonds is 5. The summed E-state index contributed by atoms with van der Waals surface area (Å²) in [5, 5.41) is 5.27. The molecule has 6 nitrogen and oxygen atoms in total. The lowest BCUT2D eigenvalue weighted by Gasteiger charge is -2.18. The largest absolute Gasteiger partial charge is 0.298 e. The molecule has 0 fully saturated rings. The second-order valence-electron chi connectivity index (χ2n) is 6.67. The molecule has 2 aromatic heterocycles. The zero-order chi connectivity index (χ0) is 22.0. The Labute approximate surface area is 185 Å². The minimum absolute atomic E-state index is 0.128. The highest BCUT2D eigenvalue weighted by atomic mass is 32.1. The number of thiazole rings is 2. The maximum atomic E-state index is 14.2. The Balaban J connectivity index is 1.48. The van der Waals surface area contributed by atoms with E-state index in [4.69, 9.17) is 0 Å². The number of carbonyl (C=O) groups is 2. The van der Waals surface area contributed by atoms with Crippen molar-refractivity contribution in [2.24, 2.45) is 0 Å². The molecule has 156 valence electrons. The quantitative estimate of drug-likeness (QED) is 0.404. The van der Waals surface area contributed by atoms with Crippen LogP contribution in [0.25, 0.3) is 16.3 Å². The molecule has 2 aromatic carbocycles. The molecule has 2 amide bonds. The maximum Gasteiger partial charge on any atom is 0.250 e. The number of aryl methyl sites for hydroxylation is 1. The van der Waals surface area contributed by atoms with E-state index in [0.717, 1.165) is 15.8 Å². The number of hydrogen-bond acceptors (Lipinski definition) is 6. The molecule has 2 heterocycles. The second-order valence-corrected chi connectivity index (χ2v) is 8.54. The molecule has 0 aliphatic carbocycles. The number of hydrogen-bond donors (Lipinski definition) is 1. The van der Waals surface area contributed by atoms with Crippen LogP contribution in [0.4, 0.5) is 20.3 Å². The van der Waals surface area contributed by atoms with E-state index >= 15 is 0 Å². The highest BCUT2D eigenvalue weighted by Crippen LogP contribution is 2.31. The van der Waals surface area contributed by atoms with Gasteiger partial charge in [0.05, 0.1) is 21.6 Å². The van der Waals surface area contributed by atoms with Crippen molar-refractivity contribution in [3.63, 3.8) is 0 Å². The fourth-order valence-electron chi connectivity index (χ4n) is 2.89. The predicted octanol–water partition coefficient (Wildman–Crippen LogP) is 5.54. The number of aromatic nitrogens is 2.